The van der Waals surface area contributed by atoms with Gasteiger partial charge in [0.1, 0.15) is 5.37 Å². The summed E-state index contributed by atoms with van der Waals surface area (Å²) in [6.45, 7) is 1.67. The van der Waals surface area contributed by atoms with Crippen LogP contribution in [0.5, 0.6) is 0 Å². The molecule has 1 amide bonds. The van der Waals surface area contributed by atoms with Crippen molar-refractivity contribution in [2.45, 2.75) is 5.37 Å². The summed E-state index contributed by atoms with van der Waals surface area (Å²) in [5.41, 5.74) is 2.35. The van der Waals surface area contributed by atoms with Crippen molar-refractivity contribution in [2.24, 2.45) is 0 Å². The van der Waals surface area contributed by atoms with E-state index in [0.29, 0.717) is 5.75 Å². The molecular weight excluding hydrogens is 270 g/mol. The summed E-state index contributed by atoms with van der Waals surface area (Å²) in [5, 5.41) is 1.35. The van der Waals surface area contributed by atoms with Crippen LogP contribution in [0.4, 0.5) is 0 Å². The Hall–Kier alpha value is -1.46. The van der Waals surface area contributed by atoms with E-state index in [1.165, 1.54) is 10.9 Å². The summed E-state index contributed by atoms with van der Waals surface area (Å²) in [5.74, 6) is 0.824. The van der Waals surface area contributed by atoms with E-state index in [4.69, 9.17) is 0 Å². The number of carbonyl (C=O) groups is 1. The number of fused-ring (bicyclic) bond motifs is 1. The first-order chi connectivity index (χ1) is 9.66. The number of hydrogen-bond acceptors (Lipinski definition) is 3. The number of aromatic nitrogens is 1. The molecule has 1 fully saturated rings. The van der Waals surface area contributed by atoms with Crippen molar-refractivity contribution in [1.29, 1.82) is 0 Å². The number of para-hydroxylation sites is 1. The number of nitrogens with one attached hydrogen (secondary N) is 1. The fourth-order valence-electron chi connectivity index (χ4n) is 2.56. The second-order valence-corrected chi connectivity index (χ2v) is 6.41. The van der Waals surface area contributed by atoms with Gasteiger partial charge in [0.2, 0.25) is 5.91 Å². The summed E-state index contributed by atoms with van der Waals surface area (Å²) < 4.78 is 0. The van der Waals surface area contributed by atoms with Gasteiger partial charge in [0.25, 0.3) is 0 Å². The Morgan fingerprint density at radius 3 is 3.00 bits per heavy atom. The molecule has 1 saturated heterocycles. The molecule has 1 aromatic heterocycles. The maximum absolute atomic E-state index is 12.1. The molecule has 1 aliphatic rings. The van der Waals surface area contributed by atoms with Crippen LogP contribution >= 0.6 is 11.8 Å². The standard InChI is InChI=1S/C15H19N3OS/c1-17(2)7-8-18-14(19)10-20-15(18)12-9-16-13-6-4-3-5-11(12)13/h3-6,9,15-16H,7-8,10H2,1-2H3. The maximum atomic E-state index is 12.1. The normalized spacial score (nSPS) is 19.4. The van der Waals surface area contributed by atoms with E-state index >= 15 is 0 Å². The van der Waals surface area contributed by atoms with E-state index in [2.05, 4.69) is 22.0 Å². The van der Waals surface area contributed by atoms with Gasteiger partial charge in [0, 0.05) is 35.8 Å². The van der Waals surface area contributed by atoms with Crippen LogP contribution in [0.15, 0.2) is 30.5 Å². The third-order valence-electron chi connectivity index (χ3n) is 3.64. The van der Waals surface area contributed by atoms with Crippen molar-refractivity contribution >= 4 is 28.6 Å². The average molecular weight is 289 g/mol. The van der Waals surface area contributed by atoms with E-state index in [9.17, 15) is 4.79 Å². The van der Waals surface area contributed by atoms with Crippen LogP contribution in [0.2, 0.25) is 0 Å². The minimum absolute atomic E-state index is 0.138. The summed E-state index contributed by atoms with van der Waals surface area (Å²) in [6.07, 6.45) is 2.05. The molecule has 1 N–H and O–H groups in total. The molecule has 0 spiro atoms. The van der Waals surface area contributed by atoms with Gasteiger partial charge in [0.05, 0.1) is 5.75 Å². The van der Waals surface area contributed by atoms with Gasteiger partial charge < -0.3 is 14.8 Å². The van der Waals surface area contributed by atoms with Crippen LogP contribution in [0.1, 0.15) is 10.9 Å². The van der Waals surface area contributed by atoms with E-state index in [1.54, 1.807) is 11.8 Å². The molecule has 1 unspecified atom stereocenters. The lowest BCUT2D eigenvalue weighted by Crippen LogP contribution is -2.34. The zero-order valence-electron chi connectivity index (χ0n) is 11.8. The van der Waals surface area contributed by atoms with Gasteiger partial charge >= 0.3 is 0 Å². The Kier molecular flexibility index (Phi) is 3.72. The zero-order chi connectivity index (χ0) is 14.1. The van der Waals surface area contributed by atoms with E-state index in [1.807, 2.05) is 37.3 Å². The average Bonchev–Trinajstić information content (AvgIpc) is 3.00. The molecule has 0 saturated carbocycles. The van der Waals surface area contributed by atoms with Gasteiger partial charge in [-0.25, -0.2) is 0 Å². The lowest BCUT2D eigenvalue weighted by molar-refractivity contribution is -0.128. The van der Waals surface area contributed by atoms with Crippen LogP contribution in [-0.2, 0) is 4.79 Å². The fraction of sp³-hybridized carbons (Fsp3) is 0.400. The molecule has 0 bridgehead atoms. The first-order valence-electron chi connectivity index (χ1n) is 6.78. The minimum Gasteiger partial charge on any atom is -0.361 e. The second kappa shape index (κ2) is 5.50. The lowest BCUT2D eigenvalue weighted by atomic mass is 10.1. The van der Waals surface area contributed by atoms with Gasteiger partial charge in [-0.15, -0.1) is 11.8 Å². The SMILES string of the molecule is CN(C)CCN1C(=O)CSC1c1c[nH]c2ccccc12. The quantitative estimate of drug-likeness (QED) is 0.939. The molecule has 0 aliphatic carbocycles. The number of thioether (sulfide) groups is 1. The van der Waals surface area contributed by atoms with Crippen molar-refractivity contribution in [1.82, 2.24) is 14.8 Å². The molecule has 0 radical (unpaired) electrons. The maximum Gasteiger partial charge on any atom is 0.233 e. The Morgan fingerprint density at radius 2 is 2.20 bits per heavy atom. The van der Waals surface area contributed by atoms with Crippen molar-refractivity contribution in [3.63, 3.8) is 0 Å². The highest BCUT2D eigenvalue weighted by atomic mass is 32.2. The molecule has 1 aromatic carbocycles. The smallest absolute Gasteiger partial charge is 0.233 e. The second-order valence-electron chi connectivity index (χ2n) is 5.34. The third-order valence-corrected chi connectivity index (χ3v) is 4.88. The number of H-pyrrole nitrogens is 1. The van der Waals surface area contributed by atoms with Crippen molar-refractivity contribution in [3.05, 3.63) is 36.0 Å². The number of carbonyl (C=O) groups excluding carboxylic acids is 1. The van der Waals surface area contributed by atoms with Gasteiger partial charge in [-0.05, 0) is 20.2 Å². The number of hydrogen-bond donors (Lipinski definition) is 1. The highest BCUT2D eigenvalue weighted by Gasteiger charge is 2.33. The summed E-state index contributed by atoms with van der Waals surface area (Å²) in [4.78, 5) is 19.5. The van der Waals surface area contributed by atoms with Gasteiger partial charge in [0.15, 0.2) is 0 Å². The van der Waals surface area contributed by atoms with E-state index in [-0.39, 0.29) is 11.3 Å². The molecular formula is C15H19N3OS. The largest absolute Gasteiger partial charge is 0.361 e. The van der Waals surface area contributed by atoms with E-state index < -0.39 is 0 Å². The Bertz CT molecular complexity index is 622. The fourth-order valence-corrected chi connectivity index (χ4v) is 3.80. The van der Waals surface area contributed by atoms with Crippen molar-refractivity contribution in [2.75, 3.05) is 32.9 Å². The number of aromatic amines is 1. The summed E-state index contributed by atoms with van der Waals surface area (Å²) in [7, 11) is 4.07. The van der Waals surface area contributed by atoms with Gasteiger partial charge in [-0.1, -0.05) is 18.2 Å². The highest BCUT2D eigenvalue weighted by Crippen LogP contribution is 2.41. The first kappa shape index (κ1) is 13.5. The number of nitrogens with zero attached hydrogens (tertiary/aromatic N) is 2. The molecule has 3 rings (SSSR count). The molecule has 2 heterocycles. The Labute approximate surface area is 123 Å². The summed E-state index contributed by atoms with van der Waals surface area (Å²) >= 11 is 1.72. The van der Waals surface area contributed by atoms with Crippen LogP contribution in [0.3, 0.4) is 0 Å². The number of rotatable bonds is 4. The Balaban J connectivity index is 1.89. The van der Waals surface area contributed by atoms with Crippen molar-refractivity contribution < 1.29 is 4.79 Å². The first-order valence-corrected chi connectivity index (χ1v) is 7.83. The molecule has 106 valence electrons. The monoisotopic (exact) mass is 289 g/mol. The number of likely N-dealkylation sites (N-methyl/N-ethyl adjacent to an activating group) is 1. The molecule has 20 heavy (non-hydrogen) atoms. The number of benzene rings is 1. The minimum atomic E-state index is 0.138. The topological polar surface area (TPSA) is 39.3 Å². The van der Waals surface area contributed by atoms with E-state index in [0.717, 1.165) is 18.6 Å². The highest BCUT2D eigenvalue weighted by molar-refractivity contribution is 8.00. The van der Waals surface area contributed by atoms with Crippen LogP contribution in [0.25, 0.3) is 10.9 Å². The predicted molar refractivity (Wildman–Crippen MR) is 83.8 cm³/mol. The Morgan fingerprint density at radius 1 is 1.40 bits per heavy atom. The molecule has 2 aromatic rings. The molecule has 1 atom stereocenters. The summed E-state index contributed by atoms with van der Waals surface area (Å²) in [6, 6.07) is 8.27. The zero-order valence-corrected chi connectivity index (χ0v) is 12.6. The molecule has 4 nitrogen and oxygen atoms in total. The van der Waals surface area contributed by atoms with Gasteiger partial charge in [-0.2, -0.15) is 0 Å². The van der Waals surface area contributed by atoms with Crippen molar-refractivity contribution in [3.8, 4) is 0 Å². The van der Waals surface area contributed by atoms with Crippen LogP contribution in [0, 0.1) is 0 Å². The third kappa shape index (κ3) is 2.43. The number of amides is 1. The van der Waals surface area contributed by atoms with Crippen LogP contribution < -0.4 is 0 Å². The molecule has 1 aliphatic heterocycles. The lowest BCUT2D eigenvalue weighted by Gasteiger charge is -2.25. The van der Waals surface area contributed by atoms with Crippen LogP contribution in [-0.4, -0.2) is 53.6 Å². The predicted octanol–water partition coefficient (Wildman–Crippen LogP) is 2.30. The van der Waals surface area contributed by atoms with Gasteiger partial charge in [-0.3, -0.25) is 4.79 Å². The molecule has 5 heteroatoms.